The van der Waals surface area contributed by atoms with E-state index >= 15 is 0 Å². The number of rotatable bonds is 6. The molecule has 3 aliphatic rings. The first kappa shape index (κ1) is 25.2. The summed E-state index contributed by atoms with van der Waals surface area (Å²) in [5, 5.41) is 9.71. The van der Waals surface area contributed by atoms with Gasteiger partial charge in [-0.05, 0) is 49.5 Å². The zero-order valence-corrected chi connectivity index (χ0v) is 22.0. The van der Waals surface area contributed by atoms with Gasteiger partial charge in [0, 0.05) is 57.0 Å². The van der Waals surface area contributed by atoms with Crippen LogP contribution in [0.25, 0.3) is 11.2 Å². The Labute approximate surface area is 219 Å². The third kappa shape index (κ3) is 5.04. The molecule has 0 aromatic carbocycles. The molecule has 2 aromatic rings. The average Bonchev–Trinajstić information content (AvgIpc) is 3.29. The van der Waals surface area contributed by atoms with E-state index in [1.54, 1.807) is 7.11 Å². The fraction of sp³-hybridized carbons (Fsp3) is 0.433. The van der Waals surface area contributed by atoms with E-state index in [0.717, 1.165) is 66.9 Å². The molecule has 5 rings (SSSR count). The summed E-state index contributed by atoms with van der Waals surface area (Å²) >= 11 is 0. The molecule has 1 saturated heterocycles. The van der Waals surface area contributed by atoms with Crippen molar-refractivity contribution in [3.8, 4) is 6.07 Å². The van der Waals surface area contributed by atoms with Gasteiger partial charge in [0.15, 0.2) is 0 Å². The van der Waals surface area contributed by atoms with Crippen molar-refractivity contribution in [2.75, 3.05) is 39.9 Å². The number of pyridine rings is 1. The summed E-state index contributed by atoms with van der Waals surface area (Å²) in [7, 11) is 1.56. The first-order valence-corrected chi connectivity index (χ1v) is 13.1. The number of piperazine rings is 1. The van der Waals surface area contributed by atoms with E-state index < -0.39 is 0 Å². The predicted molar refractivity (Wildman–Crippen MR) is 145 cm³/mol. The summed E-state index contributed by atoms with van der Waals surface area (Å²) in [4.78, 5) is 21.8. The van der Waals surface area contributed by atoms with Crippen molar-refractivity contribution >= 4 is 17.1 Å². The summed E-state index contributed by atoms with van der Waals surface area (Å²) in [5.41, 5.74) is 7.15. The monoisotopic (exact) mass is 497 g/mol. The molecule has 2 aromatic heterocycles. The highest BCUT2D eigenvalue weighted by atomic mass is 16.5. The van der Waals surface area contributed by atoms with Crippen molar-refractivity contribution in [3.63, 3.8) is 0 Å². The lowest BCUT2D eigenvalue weighted by molar-refractivity contribution is -0.136. The van der Waals surface area contributed by atoms with Crippen molar-refractivity contribution in [3.05, 3.63) is 76.8 Å². The molecule has 7 nitrogen and oxygen atoms in total. The molecular formula is C30H35N5O2. The Morgan fingerprint density at radius 2 is 2.03 bits per heavy atom. The lowest BCUT2D eigenvalue weighted by Crippen LogP contribution is -2.49. The number of allylic oxidation sites excluding steroid dienone is 8. The highest BCUT2D eigenvalue weighted by Crippen LogP contribution is 2.37. The summed E-state index contributed by atoms with van der Waals surface area (Å²) in [6.07, 6.45) is 15.7. The molecule has 0 saturated carbocycles. The van der Waals surface area contributed by atoms with Crippen LogP contribution in [-0.2, 0) is 21.5 Å². The first-order chi connectivity index (χ1) is 17.9. The van der Waals surface area contributed by atoms with Crippen LogP contribution < -0.4 is 0 Å². The fourth-order valence-corrected chi connectivity index (χ4v) is 5.49. The summed E-state index contributed by atoms with van der Waals surface area (Å²) < 4.78 is 7.26. The quantitative estimate of drug-likeness (QED) is 0.591. The van der Waals surface area contributed by atoms with Crippen LogP contribution in [0.15, 0.2) is 59.9 Å². The Bertz CT molecular complexity index is 1360. The Balaban J connectivity index is 1.52. The number of hydrogen-bond acceptors (Lipinski definition) is 5. The molecule has 1 amide bonds. The van der Waals surface area contributed by atoms with Gasteiger partial charge in [0.25, 0.3) is 0 Å². The van der Waals surface area contributed by atoms with E-state index in [1.165, 1.54) is 11.3 Å². The van der Waals surface area contributed by atoms with Crippen molar-refractivity contribution in [2.45, 2.75) is 45.1 Å². The molecule has 1 unspecified atom stereocenters. The van der Waals surface area contributed by atoms with Crippen molar-refractivity contribution in [2.24, 2.45) is 0 Å². The average molecular weight is 498 g/mol. The zero-order chi connectivity index (χ0) is 26.0. The molecule has 7 heteroatoms. The lowest BCUT2D eigenvalue weighted by atomic mass is 9.78. The first-order valence-electron chi connectivity index (χ1n) is 13.1. The second-order valence-corrected chi connectivity index (χ2v) is 10.5. The van der Waals surface area contributed by atoms with Crippen molar-refractivity contribution in [1.29, 1.82) is 5.26 Å². The number of aromatic nitrogens is 2. The number of amides is 1. The topological polar surface area (TPSA) is 73.9 Å². The minimum absolute atomic E-state index is 0.0476. The minimum Gasteiger partial charge on any atom is -0.375 e. The van der Waals surface area contributed by atoms with Gasteiger partial charge < -0.3 is 14.0 Å². The molecule has 0 radical (unpaired) electrons. The standard InChI is InChI=1S/C30H35N5O2/c1-22-10-12-30(2,13-11-22)29-26(20-33-14-16-34(17-15-33)28(36)21-37-3)35-19-24(8-9-27(35)32-29)25-7-5-4-6-23(25)18-31/h5,7-12,19H,4,6,13-17,20-21H2,1-3H3. The smallest absolute Gasteiger partial charge is 0.248 e. The van der Waals surface area contributed by atoms with Crippen LogP contribution in [0.2, 0.25) is 0 Å². The Hall–Kier alpha value is -3.47. The molecular weight excluding hydrogens is 462 g/mol. The molecule has 2 aliphatic carbocycles. The molecule has 192 valence electrons. The maximum atomic E-state index is 12.3. The zero-order valence-electron chi connectivity index (χ0n) is 22.0. The number of methoxy groups -OCH3 is 1. The maximum absolute atomic E-state index is 12.3. The Morgan fingerprint density at radius 1 is 1.22 bits per heavy atom. The molecule has 0 spiro atoms. The summed E-state index contributed by atoms with van der Waals surface area (Å²) in [6, 6.07) is 6.57. The van der Waals surface area contributed by atoms with Crippen LogP contribution in [0.5, 0.6) is 0 Å². The number of carbonyl (C=O) groups is 1. The lowest BCUT2D eigenvalue weighted by Gasteiger charge is -2.35. The van der Waals surface area contributed by atoms with Gasteiger partial charge in [0.1, 0.15) is 12.3 Å². The molecule has 0 N–H and O–H groups in total. The number of nitriles is 1. The van der Waals surface area contributed by atoms with Gasteiger partial charge in [-0.1, -0.05) is 42.9 Å². The van der Waals surface area contributed by atoms with E-state index in [2.05, 4.69) is 77.9 Å². The minimum atomic E-state index is -0.195. The van der Waals surface area contributed by atoms with Crippen LogP contribution in [0.3, 0.4) is 0 Å². The van der Waals surface area contributed by atoms with Gasteiger partial charge in [0.05, 0.1) is 17.5 Å². The third-order valence-electron chi connectivity index (χ3n) is 7.80. The Morgan fingerprint density at radius 3 is 2.73 bits per heavy atom. The van der Waals surface area contributed by atoms with Gasteiger partial charge in [-0.2, -0.15) is 5.26 Å². The molecule has 0 bridgehead atoms. The maximum Gasteiger partial charge on any atom is 0.248 e. The SMILES string of the molecule is COCC(=O)N1CCN(Cc2c(C3(C)C=CC(C)=CC3)nc3ccc(C4=C(C#N)CCC=C4)cn23)CC1. The highest BCUT2D eigenvalue weighted by molar-refractivity contribution is 5.80. The number of ether oxygens (including phenoxy) is 1. The normalized spacial score (nSPS) is 22.4. The summed E-state index contributed by atoms with van der Waals surface area (Å²) in [6.45, 7) is 8.28. The predicted octanol–water partition coefficient (Wildman–Crippen LogP) is 4.42. The van der Waals surface area contributed by atoms with Crippen LogP contribution in [0.1, 0.15) is 50.1 Å². The van der Waals surface area contributed by atoms with Crippen LogP contribution in [0.4, 0.5) is 0 Å². The van der Waals surface area contributed by atoms with E-state index in [1.807, 2.05) is 4.90 Å². The molecule has 1 atom stereocenters. The fourth-order valence-electron chi connectivity index (χ4n) is 5.49. The van der Waals surface area contributed by atoms with E-state index in [9.17, 15) is 10.1 Å². The van der Waals surface area contributed by atoms with E-state index in [-0.39, 0.29) is 17.9 Å². The number of carbonyl (C=O) groups excluding carboxylic acids is 1. The van der Waals surface area contributed by atoms with Crippen molar-refractivity contribution in [1.82, 2.24) is 19.2 Å². The molecule has 1 aliphatic heterocycles. The number of hydrogen-bond donors (Lipinski definition) is 0. The van der Waals surface area contributed by atoms with Gasteiger partial charge >= 0.3 is 0 Å². The summed E-state index contributed by atoms with van der Waals surface area (Å²) in [5.74, 6) is 0.0476. The van der Waals surface area contributed by atoms with Crippen molar-refractivity contribution < 1.29 is 9.53 Å². The van der Waals surface area contributed by atoms with Crippen LogP contribution in [-0.4, -0.2) is 65.0 Å². The third-order valence-corrected chi connectivity index (χ3v) is 7.80. The van der Waals surface area contributed by atoms with Gasteiger partial charge in [0.2, 0.25) is 5.91 Å². The van der Waals surface area contributed by atoms with Gasteiger partial charge in [-0.25, -0.2) is 4.98 Å². The number of imidazole rings is 1. The number of fused-ring (bicyclic) bond motifs is 1. The number of nitrogens with zero attached hydrogens (tertiary/aromatic N) is 5. The largest absolute Gasteiger partial charge is 0.375 e. The molecule has 1 fully saturated rings. The molecule has 3 heterocycles. The second kappa shape index (κ2) is 10.5. The molecule has 37 heavy (non-hydrogen) atoms. The van der Waals surface area contributed by atoms with E-state index in [0.29, 0.717) is 13.1 Å². The van der Waals surface area contributed by atoms with Gasteiger partial charge in [-0.15, -0.1) is 0 Å². The van der Waals surface area contributed by atoms with Crippen LogP contribution in [0, 0.1) is 11.3 Å². The van der Waals surface area contributed by atoms with Crippen LogP contribution >= 0.6 is 0 Å². The second-order valence-electron chi connectivity index (χ2n) is 10.5. The highest BCUT2D eigenvalue weighted by Gasteiger charge is 2.33. The van der Waals surface area contributed by atoms with Gasteiger partial charge in [-0.3, -0.25) is 9.69 Å². The Kier molecular flexibility index (Phi) is 7.14. The van der Waals surface area contributed by atoms with E-state index in [4.69, 9.17) is 9.72 Å².